The second-order valence-electron chi connectivity index (χ2n) is 5.25. The Kier molecular flexibility index (Phi) is 4.83. The molecule has 0 aliphatic rings. The van der Waals surface area contributed by atoms with Gasteiger partial charge in [0.15, 0.2) is 5.82 Å². The molecule has 0 unspecified atom stereocenters. The second kappa shape index (κ2) is 7.09. The average molecular weight is 392 g/mol. The molecule has 0 saturated heterocycles. The molecular formula is C17H9ClF3N5O. The standard InChI is InChI=1S/C17H9ClF3N5O/c18-15-11(9-22)13(5-7-23-15)26-8-6-14(25-26)24-16(27)10-3-1-2-4-12(10)17(19,20)21/h1-8H,(H,24,25,27). The topological polar surface area (TPSA) is 83.6 Å². The summed E-state index contributed by atoms with van der Waals surface area (Å²) in [6, 6.07) is 9.19. The molecule has 0 fully saturated rings. The van der Waals surface area contributed by atoms with Gasteiger partial charge in [-0.05, 0) is 18.2 Å². The van der Waals surface area contributed by atoms with Gasteiger partial charge in [-0.1, -0.05) is 23.7 Å². The number of alkyl halides is 3. The highest BCUT2D eigenvalue weighted by molar-refractivity contribution is 6.30. The zero-order valence-electron chi connectivity index (χ0n) is 13.3. The average Bonchev–Trinajstić information content (AvgIpc) is 3.09. The highest BCUT2D eigenvalue weighted by Crippen LogP contribution is 2.32. The molecule has 0 radical (unpaired) electrons. The van der Waals surface area contributed by atoms with Crippen molar-refractivity contribution >= 4 is 23.3 Å². The molecule has 0 saturated carbocycles. The van der Waals surface area contributed by atoms with Gasteiger partial charge < -0.3 is 5.32 Å². The van der Waals surface area contributed by atoms with Crippen LogP contribution in [0.3, 0.4) is 0 Å². The molecule has 3 aromatic rings. The van der Waals surface area contributed by atoms with Gasteiger partial charge in [-0.15, -0.1) is 5.10 Å². The lowest BCUT2D eigenvalue weighted by atomic mass is 10.1. The summed E-state index contributed by atoms with van der Waals surface area (Å²) in [6.07, 6.45) is -1.86. The van der Waals surface area contributed by atoms with E-state index < -0.39 is 23.2 Å². The Bertz CT molecular complexity index is 1060. The molecule has 6 nitrogen and oxygen atoms in total. The number of amides is 1. The van der Waals surface area contributed by atoms with Crippen molar-refractivity contribution in [1.82, 2.24) is 14.8 Å². The SMILES string of the molecule is N#Cc1c(-n2ccc(NC(=O)c3ccccc3C(F)(F)F)n2)ccnc1Cl. The van der Waals surface area contributed by atoms with E-state index in [9.17, 15) is 23.2 Å². The number of hydrogen-bond donors (Lipinski definition) is 1. The third-order valence-corrected chi connectivity index (χ3v) is 3.84. The minimum Gasteiger partial charge on any atom is -0.305 e. The molecule has 136 valence electrons. The normalized spacial score (nSPS) is 11.1. The van der Waals surface area contributed by atoms with Gasteiger partial charge in [0.25, 0.3) is 5.91 Å². The van der Waals surface area contributed by atoms with E-state index in [0.717, 1.165) is 12.1 Å². The van der Waals surface area contributed by atoms with Crippen LogP contribution in [-0.2, 0) is 6.18 Å². The number of rotatable bonds is 3. The molecular weight excluding hydrogens is 383 g/mol. The van der Waals surface area contributed by atoms with E-state index in [1.807, 2.05) is 6.07 Å². The van der Waals surface area contributed by atoms with Crippen molar-refractivity contribution in [3.05, 3.63) is 70.6 Å². The molecule has 0 atom stereocenters. The van der Waals surface area contributed by atoms with Gasteiger partial charge in [0.2, 0.25) is 0 Å². The highest BCUT2D eigenvalue weighted by atomic mass is 35.5. The fraction of sp³-hybridized carbons (Fsp3) is 0.0588. The van der Waals surface area contributed by atoms with Crippen LogP contribution in [-0.4, -0.2) is 20.7 Å². The first-order valence-electron chi connectivity index (χ1n) is 7.39. The summed E-state index contributed by atoms with van der Waals surface area (Å²) >= 11 is 5.86. The zero-order valence-corrected chi connectivity index (χ0v) is 14.1. The maximum atomic E-state index is 13.0. The lowest BCUT2D eigenvalue weighted by molar-refractivity contribution is -0.137. The maximum Gasteiger partial charge on any atom is 0.417 e. The van der Waals surface area contributed by atoms with Crippen molar-refractivity contribution in [2.45, 2.75) is 6.18 Å². The summed E-state index contributed by atoms with van der Waals surface area (Å²) in [5.74, 6) is -0.949. The van der Waals surface area contributed by atoms with Crippen molar-refractivity contribution in [3.8, 4) is 11.8 Å². The smallest absolute Gasteiger partial charge is 0.305 e. The van der Waals surface area contributed by atoms with Crippen LogP contribution in [0, 0.1) is 11.3 Å². The van der Waals surface area contributed by atoms with Gasteiger partial charge in [0, 0.05) is 18.5 Å². The van der Waals surface area contributed by atoms with Crippen LogP contribution >= 0.6 is 11.6 Å². The number of hydrogen-bond acceptors (Lipinski definition) is 4. The van der Waals surface area contributed by atoms with E-state index in [0.29, 0.717) is 5.69 Å². The summed E-state index contributed by atoms with van der Waals surface area (Å²) in [5.41, 5.74) is -1.19. The minimum absolute atomic E-state index is 0.00815. The van der Waals surface area contributed by atoms with Gasteiger partial charge in [-0.3, -0.25) is 4.79 Å². The fourth-order valence-corrected chi connectivity index (χ4v) is 2.55. The molecule has 0 spiro atoms. The van der Waals surface area contributed by atoms with E-state index in [1.165, 1.54) is 41.3 Å². The van der Waals surface area contributed by atoms with Crippen LogP contribution in [0.5, 0.6) is 0 Å². The van der Waals surface area contributed by atoms with Gasteiger partial charge in [-0.2, -0.15) is 18.4 Å². The largest absolute Gasteiger partial charge is 0.417 e. The van der Waals surface area contributed by atoms with Crippen LogP contribution in [0.1, 0.15) is 21.5 Å². The zero-order chi connectivity index (χ0) is 19.6. The highest BCUT2D eigenvalue weighted by Gasteiger charge is 2.34. The molecule has 2 aromatic heterocycles. The number of pyridine rings is 1. The predicted molar refractivity (Wildman–Crippen MR) is 90.5 cm³/mol. The van der Waals surface area contributed by atoms with Crippen molar-refractivity contribution in [2.75, 3.05) is 5.32 Å². The van der Waals surface area contributed by atoms with E-state index in [-0.39, 0.29) is 16.5 Å². The molecule has 0 bridgehead atoms. The quantitative estimate of drug-likeness (QED) is 0.682. The Labute approximate surface area is 155 Å². The van der Waals surface area contributed by atoms with Gasteiger partial charge >= 0.3 is 6.18 Å². The molecule has 1 amide bonds. The summed E-state index contributed by atoms with van der Waals surface area (Å²) < 4.78 is 40.4. The van der Waals surface area contributed by atoms with E-state index in [4.69, 9.17) is 11.6 Å². The fourth-order valence-electron chi connectivity index (χ4n) is 2.36. The number of anilines is 1. The number of halogens is 4. The number of aromatic nitrogens is 3. The number of nitrogens with zero attached hydrogens (tertiary/aromatic N) is 4. The monoisotopic (exact) mass is 391 g/mol. The molecule has 0 aliphatic heterocycles. The predicted octanol–water partition coefficient (Wildman–Crippen LogP) is 4.06. The van der Waals surface area contributed by atoms with E-state index in [1.54, 1.807) is 0 Å². The lowest BCUT2D eigenvalue weighted by Gasteiger charge is -2.11. The molecule has 1 aromatic carbocycles. The van der Waals surface area contributed by atoms with Crippen LogP contribution in [0.4, 0.5) is 19.0 Å². The Morgan fingerprint density at radius 1 is 1.22 bits per heavy atom. The third-order valence-electron chi connectivity index (χ3n) is 3.55. The van der Waals surface area contributed by atoms with E-state index >= 15 is 0 Å². The first-order chi connectivity index (χ1) is 12.8. The Morgan fingerprint density at radius 3 is 2.67 bits per heavy atom. The number of carbonyl (C=O) groups is 1. The summed E-state index contributed by atoms with van der Waals surface area (Å²) in [4.78, 5) is 16.0. The molecule has 27 heavy (non-hydrogen) atoms. The Morgan fingerprint density at radius 2 is 1.96 bits per heavy atom. The Hall–Kier alpha value is -3.38. The first kappa shape index (κ1) is 18.4. The third kappa shape index (κ3) is 3.75. The van der Waals surface area contributed by atoms with Crippen LogP contribution < -0.4 is 5.32 Å². The van der Waals surface area contributed by atoms with Gasteiger partial charge in [-0.25, -0.2) is 9.67 Å². The minimum atomic E-state index is -4.66. The summed E-state index contributed by atoms with van der Waals surface area (Å²) in [5, 5.41) is 15.5. The van der Waals surface area contributed by atoms with Crippen LogP contribution in [0.15, 0.2) is 48.8 Å². The number of carbonyl (C=O) groups excluding carboxylic acids is 1. The number of nitriles is 1. The van der Waals surface area contributed by atoms with Gasteiger partial charge in [0.05, 0.1) is 16.8 Å². The molecule has 0 aliphatic carbocycles. The number of nitrogens with one attached hydrogen (secondary N) is 1. The van der Waals surface area contributed by atoms with Crippen LogP contribution in [0.25, 0.3) is 5.69 Å². The maximum absolute atomic E-state index is 13.0. The molecule has 1 N–H and O–H groups in total. The summed E-state index contributed by atoms with van der Waals surface area (Å²) in [7, 11) is 0. The first-order valence-corrected chi connectivity index (χ1v) is 7.77. The van der Waals surface area contributed by atoms with Crippen molar-refractivity contribution in [1.29, 1.82) is 5.26 Å². The van der Waals surface area contributed by atoms with Crippen LogP contribution in [0.2, 0.25) is 5.15 Å². The Balaban J connectivity index is 1.89. The molecule has 10 heteroatoms. The van der Waals surface area contributed by atoms with Crippen molar-refractivity contribution < 1.29 is 18.0 Å². The van der Waals surface area contributed by atoms with Crippen molar-refractivity contribution in [2.24, 2.45) is 0 Å². The second-order valence-corrected chi connectivity index (χ2v) is 5.61. The van der Waals surface area contributed by atoms with Gasteiger partial charge in [0.1, 0.15) is 16.8 Å². The van der Waals surface area contributed by atoms with E-state index in [2.05, 4.69) is 15.4 Å². The number of benzene rings is 1. The summed E-state index contributed by atoms with van der Waals surface area (Å²) in [6.45, 7) is 0. The molecule has 2 heterocycles. The van der Waals surface area contributed by atoms with Crippen molar-refractivity contribution in [3.63, 3.8) is 0 Å². The lowest BCUT2D eigenvalue weighted by Crippen LogP contribution is -2.19. The molecule has 3 rings (SSSR count).